The van der Waals surface area contributed by atoms with Gasteiger partial charge in [0, 0.05) is 10.4 Å². The van der Waals surface area contributed by atoms with E-state index in [1.54, 1.807) is 29.5 Å². The third kappa shape index (κ3) is 3.32. The maximum atomic E-state index is 12.8. The lowest BCUT2D eigenvalue weighted by Crippen LogP contribution is -2.29. The summed E-state index contributed by atoms with van der Waals surface area (Å²) in [5.74, 6) is 0.108. The molecule has 2 heterocycles. The highest BCUT2D eigenvalue weighted by Gasteiger charge is 2.21. The molecule has 2 N–H and O–H groups in total. The minimum Gasteiger partial charge on any atom is -0.482 e. The van der Waals surface area contributed by atoms with Gasteiger partial charge in [0.05, 0.1) is 11.7 Å². The summed E-state index contributed by atoms with van der Waals surface area (Å²) in [6.07, 6.45) is 0. The zero-order chi connectivity index (χ0) is 17.9. The van der Waals surface area contributed by atoms with Crippen molar-refractivity contribution < 1.29 is 14.3 Å². The standard InChI is InChI=1S/C20H16N2O3S/c23-18-12-25-16-11-14(8-9-15(16)21-18)20(24)22-19(17-7-4-10-26-17)13-5-2-1-3-6-13/h1-11,19H,12H2,(H,21,23)(H,22,24)/t19-/m1/s1. The van der Waals surface area contributed by atoms with Crippen molar-refractivity contribution in [2.45, 2.75) is 6.04 Å². The van der Waals surface area contributed by atoms with E-state index >= 15 is 0 Å². The highest BCUT2D eigenvalue weighted by Crippen LogP contribution is 2.30. The fourth-order valence-corrected chi connectivity index (χ4v) is 3.65. The number of carbonyl (C=O) groups excluding carboxylic acids is 2. The summed E-state index contributed by atoms with van der Waals surface area (Å²) in [5, 5.41) is 7.81. The van der Waals surface area contributed by atoms with Crippen LogP contribution in [0.5, 0.6) is 5.75 Å². The number of nitrogens with one attached hydrogen (secondary N) is 2. The fourth-order valence-electron chi connectivity index (χ4n) is 2.85. The summed E-state index contributed by atoms with van der Waals surface area (Å²) >= 11 is 1.60. The van der Waals surface area contributed by atoms with Gasteiger partial charge in [-0.25, -0.2) is 0 Å². The SMILES string of the molecule is O=C1COc2cc(C(=O)N[C@H](c3ccccc3)c3cccs3)ccc2N1. The highest BCUT2D eigenvalue weighted by molar-refractivity contribution is 7.10. The Morgan fingerprint density at radius 3 is 2.73 bits per heavy atom. The van der Waals surface area contributed by atoms with E-state index in [0.717, 1.165) is 10.4 Å². The molecule has 0 bridgehead atoms. The molecule has 0 saturated heterocycles. The average Bonchev–Trinajstić information content (AvgIpc) is 3.20. The topological polar surface area (TPSA) is 67.4 Å². The fraction of sp³-hybridized carbons (Fsp3) is 0.100. The Bertz CT molecular complexity index is 939. The molecular formula is C20H16N2O3S. The third-order valence-corrected chi connectivity index (χ3v) is 5.05. The van der Waals surface area contributed by atoms with Gasteiger partial charge >= 0.3 is 0 Å². The van der Waals surface area contributed by atoms with Crippen molar-refractivity contribution in [3.63, 3.8) is 0 Å². The quantitative estimate of drug-likeness (QED) is 0.743. The van der Waals surface area contributed by atoms with E-state index in [1.165, 1.54) is 0 Å². The molecule has 5 nitrogen and oxygen atoms in total. The molecule has 0 fully saturated rings. The van der Waals surface area contributed by atoms with Crippen LogP contribution in [0.25, 0.3) is 0 Å². The number of hydrogen-bond donors (Lipinski definition) is 2. The zero-order valence-electron chi connectivity index (χ0n) is 13.8. The Balaban J connectivity index is 1.60. The molecule has 1 aliphatic heterocycles. The molecule has 26 heavy (non-hydrogen) atoms. The van der Waals surface area contributed by atoms with E-state index in [4.69, 9.17) is 4.74 Å². The van der Waals surface area contributed by atoms with Gasteiger partial charge in [0.1, 0.15) is 5.75 Å². The van der Waals surface area contributed by atoms with Crippen molar-refractivity contribution in [3.05, 3.63) is 82.0 Å². The van der Waals surface area contributed by atoms with E-state index in [0.29, 0.717) is 17.0 Å². The van der Waals surface area contributed by atoms with Crippen molar-refractivity contribution in [2.24, 2.45) is 0 Å². The molecule has 3 aromatic rings. The average molecular weight is 364 g/mol. The number of benzene rings is 2. The van der Waals surface area contributed by atoms with Crippen LogP contribution in [0.15, 0.2) is 66.0 Å². The molecule has 1 aliphatic rings. The Morgan fingerprint density at radius 2 is 1.96 bits per heavy atom. The van der Waals surface area contributed by atoms with Crippen molar-refractivity contribution in [1.82, 2.24) is 5.32 Å². The second-order valence-electron chi connectivity index (χ2n) is 5.88. The zero-order valence-corrected chi connectivity index (χ0v) is 14.6. The smallest absolute Gasteiger partial charge is 0.262 e. The van der Waals surface area contributed by atoms with Crippen molar-refractivity contribution in [3.8, 4) is 5.75 Å². The molecule has 1 aromatic heterocycles. The van der Waals surface area contributed by atoms with Gasteiger partial charge in [-0.2, -0.15) is 0 Å². The largest absolute Gasteiger partial charge is 0.482 e. The summed E-state index contributed by atoms with van der Waals surface area (Å²) < 4.78 is 5.40. The predicted molar refractivity (Wildman–Crippen MR) is 101 cm³/mol. The number of carbonyl (C=O) groups is 2. The van der Waals surface area contributed by atoms with Crippen LogP contribution in [-0.2, 0) is 4.79 Å². The Kier molecular flexibility index (Phi) is 4.41. The van der Waals surface area contributed by atoms with Crippen LogP contribution in [0, 0.1) is 0 Å². The van der Waals surface area contributed by atoms with Crippen LogP contribution in [-0.4, -0.2) is 18.4 Å². The van der Waals surface area contributed by atoms with E-state index in [-0.39, 0.29) is 24.5 Å². The molecule has 6 heteroatoms. The Labute approximate surface area is 154 Å². The van der Waals surface area contributed by atoms with Crippen molar-refractivity contribution in [1.29, 1.82) is 0 Å². The predicted octanol–water partition coefficient (Wildman–Crippen LogP) is 3.60. The second kappa shape index (κ2) is 7.01. The van der Waals surface area contributed by atoms with Gasteiger partial charge in [-0.1, -0.05) is 36.4 Å². The lowest BCUT2D eigenvalue weighted by atomic mass is 10.0. The molecule has 0 unspecified atom stereocenters. The van der Waals surface area contributed by atoms with Gasteiger partial charge in [-0.05, 0) is 35.2 Å². The number of fused-ring (bicyclic) bond motifs is 1. The van der Waals surface area contributed by atoms with Crippen LogP contribution in [0.2, 0.25) is 0 Å². The van der Waals surface area contributed by atoms with Gasteiger partial charge in [0.15, 0.2) is 6.61 Å². The van der Waals surface area contributed by atoms with Gasteiger partial charge in [0.25, 0.3) is 11.8 Å². The molecule has 2 amide bonds. The molecule has 0 radical (unpaired) electrons. The maximum Gasteiger partial charge on any atom is 0.262 e. The normalized spacial score (nSPS) is 13.9. The first-order chi connectivity index (χ1) is 12.7. The molecule has 2 aromatic carbocycles. The van der Waals surface area contributed by atoms with Crippen LogP contribution >= 0.6 is 11.3 Å². The molecule has 0 saturated carbocycles. The summed E-state index contributed by atoms with van der Waals surface area (Å²) in [6, 6.07) is 18.6. The summed E-state index contributed by atoms with van der Waals surface area (Å²) in [5.41, 5.74) is 2.08. The van der Waals surface area contributed by atoms with Crippen LogP contribution in [0.3, 0.4) is 0 Å². The molecule has 1 atom stereocenters. The van der Waals surface area contributed by atoms with Gasteiger partial charge in [-0.3, -0.25) is 9.59 Å². The molecule has 130 valence electrons. The van der Waals surface area contributed by atoms with E-state index in [1.807, 2.05) is 47.8 Å². The van der Waals surface area contributed by atoms with E-state index in [2.05, 4.69) is 10.6 Å². The molecule has 0 aliphatic carbocycles. The van der Waals surface area contributed by atoms with Gasteiger partial charge in [-0.15, -0.1) is 11.3 Å². The minimum absolute atomic E-state index is 0.0418. The summed E-state index contributed by atoms with van der Waals surface area (Å²) in [6.45, 7) is -0.0418. The highest BCUT2D eigenvalue weighted by atomic mass is 32.1. The van der Waals surface area contributed by atoms with E-state index < -0.39 is 0 Å². The maximum absolute atomic E-state index is 12.8. The molecule has 0 spiro atoms. The minimum atomic E-state index is -0.222. The molecule has 4 rings (SSSR count). The monoisotopic (exact) mass is 364 g/mol. The lowest BCUT2D eigenvalue weighted by Gasteiger charge is -2.20. The number of hydrogen-bond acceptors (Lipinski definition) is 4. The Morgan fingerprint density at radius 1 is 1.12 bits per heavy atom. The number of anilines is 1. The third-order valence-electron chi connectivity index (χ3n) is 4.11. The first-order valence-electron chi connectivity index (χ1n) is 8.16. The lowest BCUT2D eigenvalue weighted by molar-refractivity contribution is -0.118. The number of thiophene rings is 1. The Hall–Kier alpha value is -3.12. The van der Waals surface area contributed by atoms with Gasteiger partial charge < -0.3 is 15.4 Å². The van der Waals surface area contributed by atoms with Crippen LogP contribution in [0.4, 0.5) is 5.69 Å². The summed E-state index contributed by atoms with van der Waals surface area (Å²) in [4.78, 5) is 25.2. The summed E-state index contributed by atoms with van der Waals surface area (Å²) in [7, 11) is 0. The van der Waals surface area contributed by atoms with Crippen LogP contribution < -0.4 is 15.4 Å². The molecular weight excluding hydrogens is 348 g/mol. The first-order valence-corrected chi connectivity index (χ1v) is 9.04. The van der Waals surface area contributed by atoms with Gasteiger partial charge in [0.2, 0.25) is 0 Å². The first kappa shape index (κ1) is 16.4. The van der Waals surface area contributed by atoms with Crippen molar-refractivity contribution >= 4 is 28.8 Å². The number of rotatable bonds is 4. The number of amides is 2. The number of ether oxygens (including phenoxy) is 1. The van der Waals surface area contributed by atoms with Crippen LogP contribution in [0.1, 0.15) is 26.8 Å². The second-order valence-corrected chi connectivity index (χ2v) is 6.86. The van der Waals surface area contributed by atoms with E-state index in [9.17, 15) is 9.59 Å². The van der Waals surface area contributed by atoms with Crippen molar-refractivity contribution in [2.75, 3.05) is 11.9 Å².